The number of hydrogen-bond donors (Lipinski definition) is 2. The number of furan rings is 1. The number of benzene rings is 1. The number of sulfonamides is 1. The average Bonchev–Trinajstić information content (AvgIpc) is 3.31. The van der Waals surface area contributed by atoms with Crippen LogP contribution >= 0.6 is 11.6 Å². The monoisotopic (exact) mass is 411 g/mol. The fourth-order valence-electron chi connectivity index (χ4n) is 2.78. The van der Waals surface area contributed by atoms with Crippen LogP contribution in [0.1, 0.15) is 39.3 Å². The molecule has 1 aromatic heterocycles. The molecule has 1 aliphatic rings. The SMILES string of the molecule is Cc1occc1C(=O)NNC(=O)c1ccc(Cl)c(S(=O)(=O)N2CCCC2)c1. The van der Waals surface area contributed by atoms with Crippen molar-refractivity contribution in [2.75, 3.05) is 13.1 Å². The molecule has 2 heterocycles. The first-order valence-electron chi connectivity index (χ1n) is 8.25. The van der Waals surface area contributed by atoms with Crippen molar-refractivity contribution < 1.29 is 22.4 Å². The Balaban J connectivity index is 1.76. The Morgan fingerprint density at radius 2 is 1.78 bits per heavy atom. The third kappa shape index (κ3) is 4.00. The van der Waals surface area contributed by atoms with Crippen LogP contribution in [-0.2, 0) is 10.0 Å². The van der Waals surface area contributed by atoms with Crippen molar-refractivity contribution in [3.05, 3.63) is 52.4 Å². The second-order valence-corrected chi connectivity index (χ2v) is 8.37. The number of hydrazine groups is 1. The summed E-state index contributed by atoms with van der Waals surface area (Å²) < 4.78 is 31.8. The number of carbonyl (C=O) groups excluding carboxylic acids is 2. The van der Waals surface area contributed by atoms with E-state index < -0.39 is 21.8 Å². The van der Waals surface area contributed by atoms with Gasteiger partial charge in [-0.15, -0.1) is 0 Å². The zero-order valence-electron chi connectivity index (χ0n) is 14.5. The summed E-state index contributed by atoms with van der Waals surface area (Å²) in [4.78, 5) is 24.2. The Morgan fingerprint density at radius 1 is 1.11 bits per heavy atom. The van der Waals surface area contributed by atoms with E-state index in [2.05, 4.69) is 10.9 Å². The molecule has 144 valence electrons. The highest BCUT2D eigenvalue weighted by atomic mass is 35.5. The zero-order valence-corrected chi connectivity index (χ0v) is 16.1. The molecule has 0 aliphatic carbocycles. The molecule has 1 aromatic carbocycles. The minimum atomic E-state index is -3.78. The van der Waals surface area contributed by atoms with Gasteiger partial charge in [0.2, 0.25) is 10.0 Å². The molecule has 0 unspecified atom stereocenters. The first kappa shape index (κ1) is 19.4. The molecule has 10 heteroatoms. The van der Waals surface area contributed by atoms with E-state index in [-0.39, 0.29) is 21.0 Å². The van der Waals surface area contributed by atoms with Crippen LogP contribution in [-0.4, -0.2) is 37.6 Å². The highest BCUT2D eigenvalue weighted by Crippen LogP contribution is 2.28. The van der Waals surface area contributed by atoms with Gasteiger partial charge in [0.25, 0.3) is 11.8 Å². The van der Waals surface area contributed by atoms with Crippen LogP contribution in [0.4, 0.5) is 0 Å². The van der Waals surface area contributed by atoms with Crippen LogP contribution in [0.15, 0.2) is 39.8 Å². The lowest BCUT2D eigenvalue weighted by Gasteiger charge is -2.17. The van der Waals surface area contributed by atoms with E-state index in [9.17, 15) is 18.0 Å². The zero-order chi connectivity index (χ0) is 19.6. The normalized spacial score (nSPS) is 14.9. The summed E-state index contributed by atoms with van der Waals surface area (Å²) >= 11 is 6.06. The van der Waals surface area contributed by atoms with Crippen molar-refractivity contribution in [3.63, 3.8) is 0 Å². The number of hydrogen-bond acceptors (Lipinski definition) is 5. The smallest absolute Gasteiger partial charge is 0.273 e. The topological polar surface area (TPSA) is 109 Å². The molecule has 0 atom stereocenters. The van der Waals surface area contributed by atoms with Gasteiger partial charge < -0.3 is 4.42 Å². The summed E-state index contributed by atoms with van der Waals surface area (Å²) in [6, 6.07) is 5.41. The molecule has 1 fully saturated rings. The lowest BCUT2D eigenvalue weighted by atomic mass is 10.2. The number of nitrogens with zero attached hydrogens (tertiary/aromatic N) is 1. The van der Waals surface area contributed by atoms with Crippen molar-refractivity contribution >= 4 is 33.4 Å². The van der Waals surface area contributed by atoms with Gasteiger partial charge in [-0.3, -0.25) is 20.4 Å². The molecule has 1 saturated heterocycles. The highest BCUT2D eigenvalue weighted by molar-refractivity contribution is 7.89. The average molecular weight is 412 g/mol. The molecule has 0 saturated carbocycles. The van der Waals surface area contributed by atoms with Crippen LogP contribution in [0.2, 0.25) is 5.02 Å². The summed E-state index contributed by atoms with van der Waals surface area (Å²) in [5, 5.41) is 0.0384. The molecule has 0 bridgehead atoms. The maximum atomic E-state index is 12.7. The standard InChI is InChI=1S/C17H18ClN3O5S/c1-11-13(6-9-26-11)17(23)20-19-16(22)12-4-5-14(18)15(10-12)27(24,25)21-7-2-3-8-21/h4-6,9-10H,2-3,7-8H2,1H3,(H,19,22)(H,20,23). The second-order valence-electron chi connectivity index (χ2n) is 6.06. The predicted octanol–water partition coefficient (Wildman–Crippen LogP) is 2.10. The predicted molar refractivity (Wildman–Crippen MR) is 97.8 cm³/mol. The van der Waals surface area contributed by atoms with Crippen molar-refractivity contribution in [3.8, 4) is 0 Å². The van der Waals surface area contributed by atoms with Crippen LogP contribution in [0, 0.1) is 6.92 Å². The quantitative estimate of drug-likeness (QED) is 0.749. The van der Waals surface area contributed by atoms with Gasteiger partial charge >= 0.3 is 0 Å². The maximum absolute atomic E-state index is 12.7. The number of carbonyl (C=O) groups is 2. The Bertz CT molecular complexity index is 980. The number of rotatable bonds is 4. The maximum Gasteiger partial charge on any atom is 0.273 e. The molecule has 27 heavy (non-hydrogen) atoms. The number of aryl methyl sites for hydroxylation is 1. The van der Waals surface area contributed by atoms with Crippen molar-refractivity contribution in [2.24, 2.45) is 0 Å². The van der Waals surface area contributed by atoms with E-state index in [0.29, 0.717) is 18.8 Å². The van der Waals surface area contributed by atoms with Gasteiger partial charge in [0.1, 0.15) is 10.7 Å². The van der Waals surface area contributed by atoms with Gasteiger partial charge in [0, 0.05) is 18.7 Å². The molecule has 3 rings (SSSR count). The summed E-state index contributed by atoms with van der Waals surface area (Å²) in [6.45, 7) is 2.47. The first-order valence-corrected chi connectivity index (χ1v) is 10.1. The largest absolute Gasteiger partial charge is 0.469 e. The van der Waals surface area contributed by atoms with Crippen LogP contribution in [0.25, 0.3) is 0 Å². The molecule has 0 spiro atoms. The minimum absolute atomic E-state index is 0.0384. The van der Waals surface area contributed by atoms with Gasteiger partial charge in [0.05, 0.1) is 16.8 Å². The lowest BCUT2D eigenvalue weighted by Crippen LogP contribution is -2.41. The molecule has 1 aliphatic heterocycles. The van der Waals surface area contributed by atoms with Gasteiger partial charge in [-0.25, -0.2) is 8.42 Å². The summed E-state index contributed by atoms with van der Waals surface area (Å²) in [5.41, 5.74) is 4.85. The molecule has 2 aromatic rings. The minimum Gasteiger partial charge on any atom is -0.469 e. The van der Waals surface area contributed by atoms with E-state index >= 15 is 0 Å². The first-order chi connectivity index (χ1) is 12.8. The van der Waals surface area contributed by atoms with E-state index in [4.69, 9.17) is 16.0 Å². The van der Waals surface area contributed by atoms with Crippen LogP contribution in [0.5, 0.6) is 0 Å². The van der Waals surface area contributed by atoms with Crippen molar-refractivity contribution in [1.29, 1.82) is 0 Å². The summed E-state index contributed by atoms with van der Waals surface area (Å²) in [6.07, 6.45) is 2.94. The van der Waals surface area contributed by atoms with E-state index in [1.54, 1.807) is 6.92 Å². The Hall–Kier alpha value is -2.36. The third-order valence-electron chi connectivity index (χ3n) is 4.27. The molecule has 2 amide bonds. The Kier molecular flexibility index (Phi) is 5.54. The summed E-state index contributed by atoms with van der Waals surface area (Å²) in [5.74, 6) is -0.806. The Morgan fingerprint density at radius 3 is 2.41 bits per heavy atom. The molecule has 2 N–H and O–H groups in total. The fraction of sp³-hybridized carbons (Fsp3) is 0.294. The van der Waals surface area contributed by atoms with E-state index in [0.717, 1.165) is 12.8 Å². The molecular formula is C17H18ClN3O5S. The fourth-order valence-corrected chi connectivity index (χ4v) is 4.80. The Labute approximate surface area is 161 Å². The molecular weight excluding hydrogens is 394 g/mol. The van der Waals surface area contributed by atoms with Crippen molar-refractivity contribution in [1.82, 2.24) is 15.2 Å². The molecule has 0 radical (unpaired) electrons. The van der Waals surface area contributed by atoms with Crippen LogP contribution in [0.3, 0.4) is 0 Å². The second kappa shape index (κ2) is 7.71. The van der Waals surface area contributed by atoms with Gasteiger partial charge in [-0.1, -0.05) is 11.6 Å². The van der Waals surface area contributed by atoms with E-state index in [1.165, 1.54) is 34.8 Å². The number of halogens is 1. The van der Waals surface area contributed by atoms with Gasteiger partial charge in [-0.05, 0) is 44.0 Å². The third-order valence-corrected chi connectivity index (χ3v) is 6.65. The van der Waals surface area contributed by atoms with Crippen molar-refractivity contribution in [2.45, 2.75) is 24.7 Å². The number of nitrogens with one attached hydrogen (secondary N) is 2. The lowest BCUT2D eigenvalue weighted by molar-refractivity contribution is 0.0845. The van der Waals surface area contributed by atoms with Gasteiger partial charge in [0.15, 0.2) is 0 Å². The number of amides is 2. The summed E-state index contributed by atoms with van der Waals surface area (Å²) in [7, 11) is -3.78. The van der Waals surface area contributed by atoms with E-state index in [1.807, 2.05) is 0 Å². The highest BCUT2D eigenvalue weighted by Gasteiger charge is 2.29. The molecule has 8 nitrogen and oxygen atoms in total. The van der Waals surface area contributed by atoms with Crippen LogP contribution < -0.4 is 10.9 Å². The van der Waals surface area contributed by atoms with Gasteiger partial charge in [-0.2, -0.15) is 4.31 Å².